The Balaban J connectivity index is 4.31. The summed E-state index contributed by atoms with van der Waals surface area (Å²) >= 11 is 0. The van der Waals surface area contributed by atoms with Crippen LogP contribution in [0.3, 0.4) is 0 Å². The van der Waals surface area contributed by atoms with Gasteiger partial charge in [-0.1, -0.05) is 26.0 Å². The second kappa shape index (κ2) is 8.55. The van der Waals surface area contributed by atoms with Crippen molar-refractivity contribution in [1.29, 1.82) is 0 Å². The van der Waals surface area contributed by atoms with Crippen LogP contribution in [0.2, 0.25) is 0 Å². The second-order valence-corrected chi connectivity index (χ2v) is 7.13. The summed E-state index contributed by atoms with van der Waals surface area (Å²) in [5.74, 6) is -3.34. The molecule has 3 nitrogen and oxygen atoms in total. The molecule has 1 rings (SSSR count). The molecule has 0 aromatic heterocycles. The Labute approximate surface area is 178 Å². The molecule has 1 unspecified atom stereocenters. The van der Waals surface area contributed by atoms with Crippen LogP contribution in [0.5, 0.6) is 0 Å². The average Bonchev–Trinajstić information content (AvgIpc) is 2.60. The standard InChI is InChI=1S/C18H16F12O3/c1-4-8(2)10-5-11(13(32,15(19,20)21)16(22,23)24)7-12(6-10)14(17(25,26)27,18(28,29)30)33-9(3)31/h5-8,32H,4H2,1-3H3. The van der Waals surface area contributed by atoms with Gasteiger partial charge in [-0.05, 0) is 24.0 Å². The molecular weight excluding hydrogens is 492 g/mol. The van der Waals surface area contributed by atoms with Crippen LogP contribution in [0.15, 0.2) is 18.2 Å². The molecule has 0 aliphatic heterocycles. The molecule has 0 aliphatic rings. The van der Waals surface area contributed by atoms with Gasteiger partial charge in [0.05, 0.1) is 0 Å². The van der Waals surface area contributed by atoms with Gasteiger partial charge in [0, 0.05) is 18.1 Å². The molecule has 0 bridgehead atoms. The Bertz CT molecular complexity index is 836. The van der Waals surface area contributed by atoms with Crippen LogP contribution in [-0.2, 0) is 20.7 Å². The third-order valence-corrected chi connectivity index (χ3v) is 4.88. The van der Waals surface area contributed by atoms with Crippen molar-refractivity contribution in [3.8, 4) is 0 Å². The lowest BCUT2D eigenvalue weighted by molar-refractivity contribution is -0.379. The van der Waals surface area contributed by atoms with E-state index in [2.05, 4.69) is 4.74 Å². The molecule has 0 heterocycles. The summed E-state index contributed by atoms with van der Waals surface area (Å²) in [6.07, 6.45) is -26.5. The summed E-state index contributed by atoms with van der Waals surface area (Å²) in [5, 5.41) is 9.59. The average molecular weight is 508 g/mol. The number of aliphatic hydroxyl groups is 1. The molecule has 1 aromatic carbocycles. The third-order valence-electron chi connectivity index (χ3n) is 4.88. The van der Waals surface area contributed by atoms with Crippen molar-refractivity contribution in [1.82, 2.24) is 0 Å². The monoisotopic (exact) mass is 508 g/mol. The van der Waals surface area contributed by atoms with Gasteiger partial charge in [-0.3, -0.25) is 4.79 Å². The van der Waals surface area contributed by atoms with Crippen LogP contribution in [0.4, 0.5) is 52.7 Å². The molecule has 190 valence electrons. The number of carbonyl (C=O) groups is 1. The molecule has 1 aromatic rings. The number of alkyl halides is 12. The maximum Gasteiger partial charge on any atom is 0.442 e. The van der Waals surface area contributed by atoms with Crippen molar-refractivity contribution in [3.63, 3.8) is 0 Å². The van der Waals surface area contributed by atoms with Crippen LogP contribution in [0.25, 0.3) is 0 Å². The van der Waals surface area contributed by atoms with Gasteiger partial charge in [-0.15, -0.1) is 0 Å². The molecule has 0 radical (unpaired) electrons. The van der Waals surface area contributed by atoms with E-state index < -0.39 is 70.6 Å². The van der Waals surface area contributed by atoms with Crippen LogP contribution in [0, 0.1) is 0 Å². The zero-order chi connectivity index (χ0) is 26.4. The Hall–Kier alpha value is -2.19. The number of carbonyl (C=O) groups excluding carboxylic acids is 1. The minimum absolute atomic E-state index is 0.00389. The van der Waals surface area contributed by atoms with E-state index in [9.17, 15) is 62.6 Å². The van der Waals surface area contributed by atoms with E-state index in [0.29, 0.717) is 0 Å². The molecule has 0 amide bonds. The van der Waals surface area contributed by atoms with Crippen LogP contribution in [-0.4, -0.2) is 35.8 Å². The smallest absolute Gasteiger partial charge is 0.435 e. The van der Waals surface area contributed by atoms with E-state index in [1.165, 1.54) is 6.92 Å². The molecule has 0 aliphatic carbocycles. The van der Waals surface area contributed by atoms with Gasteiger partial charge in [0.2, 0.25) is 0 Å². The number of ether oxygens (including phenoxy) is 1. The fraction of sp³-hybridized carbons (Fsp3) is 0.611. The molecular formula is C18H16F12O3. The van der Waals surface area contributed by atoms with Crippen molar-refractivity contribution in [2.45, 2.75) is 69.0 Å². The topological polar surface area (TPSA) is 46.5 Å². The molecule has 1 atom stereocenters. The first-order chi connectivity index (χ1) is 14.5. The fourth-order valence-electron chi connectivity index (χ4n) is 2.95. The second-order valence-electron chi connectivity index (χ2n) is 7.13. The number of benzene rings is 1. The lowest BCUT2D eigenvalue weighted by atomic mass is 9.81. The largest absolute Gasteiger partial charge is 0.442 e. The first-order valence-corrected chi connectivity index (χ1v) is 8.82. The van der Waals surface area contributed by atoms with Crippen molar-refractivity contribution in [2.24, 2.45) is 0 Å². The Morgan fingerprint density at radius 1 is 0.818 bits per heavy atom. The highest BCUT2D eigenvalue weighted by Gasteiger charge is 2.76. The minimum Gasteiger partial charge on any atom is -0.435 e. The minimum atomic E-state index is -6.60. The predicted molar refractivity (Wildman–Crippen MR) is 86.7 cm³/mol. The molecule has 15 heteroatoms. The fourth-order valence-corrected chi connectivity index (χ4v) is 2.95. The molecule has 0 spiro atoms. The maximum absolute atomic E-state index is 13.7. The van der Waals surface area contributed by atoms with E-state index in [4.69, 9.17) is 0 Å². The van der Waals surface area contributed by atoms with E-state index >= 15 is 0 Å². The molecule has 0 saturated heterocycles. The summed E-state index contributed by atoms with van der Waals surface area (Å²) < 4.78 is 166. The van der Waals surface area contributed by atoms with E-state index in [0.717, 1.165) is 6.92 Å². The highest BCUT2D eigenvalue weighted by Crippen LogP contribution is 2.56. The Kier molecular flexibility index (Phi) is 7.47. The summed E-state index contributed by atoms with van der Waals surface area (Å²) in [6, 6.07) is -0.727. The quantitative estimate of drug-likeness (QED) is 0.370. The number of rotatable bonds is 5. The van der Waals surface area contributed by atoms with E-state index in [1.807, 2.05) is 0 Å². The lowest BCUT2D eigenvalue weighted by Gasteiger charge is -2.38. The van der Waals surface area contributed by atoms with Gasteiger partial charge in [-0.2, -0.15) is 52.7 Å². The number of esters is 1. The first kappa shape index (κ1) is 28.8. The molecule has 0 saturated carbocycles. The van der Waals surface area contributed by atoms with Gasteiger partial charge in [0.15, 0.2) is 0 Å². The first-order valence-electron chi connectivity index (χ1n) is 8.82. The van der Waals surface area contributed by atoms with Crippen LogP contribution < -0.4 is 0 Å². The molecule has 1 N–H and O–H groups in total. The van der Waals surface area contributed by atoms with Crippen molar-refractivity contribution in [2.75, 3.05) is 0 Å². The van der Waals surface area contributed by atoms with E-state index in [-0.39, 0.29) is 25.5 Å². The van der Waals surface area contributed by atoms with E-state index in [1.54, 1.807) is 0 Å². The van der Waals surface area contributed by atoms with Gasteiger partial charge >= 0.3 is 36.3 Å². The zero-order valence-corrected chi connectivity index (χ0v) is 16.8. The summed E-state index contributed by atoms with van der Waals surface area (Å²) in [4.78, 5) is 11.2. The van der Waals surface area contributed by atoms with Crippen molar-refractivity contribution < 1.29 is 67.3 Å². The van der Waals surface area contributed by atoms with Gasteiger partial charge in [-0.25, -0.2) is 0 Å². The highest BCUT2D eigenvalue weighted by atomic mass is 19.4. The SMILES string of the molecule is CCC(C)c1cc(C(O)(C(F)(F)F)C(F)(F)F)cc(C(OC(C)=O)(C(F)(F)F)C(F)(F)F)c1. The Morgan fingerprint density at radius 3 is 1.52 bits per heavy atom. The summed E-state index contributed by atoms with van der Waals surface area (Å²) in [6.45, 7) is 2.52. The summed E-state index contributed by atoms with van der Waals surface area (Å²) in [7, 11) is 0. The maximum atomic E-state index is 13.7. The van der Waals surface area contributed by atoms with Gasteiger partial charge in [0.25, 0.3) is 5.60 Å². The van der Waals surface area contributed by atoms with Gasteiger partial charge < -0.3 is 9.84 Å². The molecule has 33 heavy (non-hydrogen) atoms. The third kappa shape index (κ3) is 4.87. The van der Waals surface area contributed by atoms with Crippen LogP contribution in [0.1, 0.15) is 49.8 Å². The van der Waals surface area contributed by atoms with Crippen LogP contribution >= 0.6 is 0 Å². The predicted octanol–water partition coefficient (Wildman–Crippen LogP) is 6.40. The highest BCUT2D eigenvalue weighted by molar-refractivity contribution is 5.67. The zero-order valence-electron chi connectivity index (χ0n) is 16.8. The van der Waals surface area contributed by atoms with Crippen molar-refractivity contribution >= 4 is 5.97 Å². The lowest BCUT2D eigenvalue weighted by Crippen LogP contribution is -2.57. The molecule has 0 fully saturated rings. The number of halogens is 12. The van der Waals surface area contributed by atoms with Gasteiger partial charge in [0.1, 0.15) is 0 Å². The number of hydrogen-bond donors (Lipinski definition) is 1. The van der Waals surface area contributed by atoms with Crippen molar-refractivity contribution in [3.05, 3.63) is 34.9 Å². The number of hydrogen-bond acceptors (Lipinski definition) is 3. The normalized spacial score (nSPS) is 15.4. The summed E-state index contributed by atoms with van der Waals surface area (Å²) in [5.41, 5.74) is -16.9. The Morgan fingerprint density at radius 2 is 1.21 bits per heavy atom.